The van der Waals surface area contributed by atoms with Gasteiger partial charge >= 0.3 is 5.97 Å². The maximum atomic E-state index is 15.4. The standard InChI is InChI=1S/C46H60N4O7/c1-26-34(31(51)23-28(38(54)55)17-22-49-7)30(50-39(47)48)15-19-44(26)25-45(56)20-21-46(57)29(14-13-27-11-9-8-10-12-27)36-40(2,3)33(53)16-18-41(36,4)35-32(52)24-42(44,5)43(45,6)37(35)46/h8-15,19-21,23,26,29-31,34,36,49,51,56-57H,16-18,22,24-25H2,1-7H3,(H,54,55)(H4,47,48,50)/t26-,29-,30-,31+,34-,36-,41+,42-,43-,44-,45+,46-/m0/s1. The second kappa shape index (κ2) is 13.4. The van der Waals surface area contributed by atoms with E-state index in [1.54, 1.807) is 19.2 Å². The number of ketones is 2. The van der Waals surface area contributed by atoms with Crippen LogP contribution in [-0.4, -0.2) is 80.9 Å². The Balaban J connectivity index is 1.46. The van der Waals surface area contributed by atoms with Crippen molar-refractivity contribution in [3.05, 3.63) is 89.1 Å². The molecule has 0 bridgehead atoms. The van der Waals surface area contributed by atoms with E-state index in [0.29, 0.717) is 30.5 Å². The largest absolute Gasteiger partial charge is 0.478 e. The highest BCUT2D eigenvalue weighted by atomic mass is 16.4. The number of carbonyl (C=O) groups excluding carboxylic acids is 2. The number of nitrogens with zero attached hydrogens (tertiary/aromatic N) is 1. The third-order valence-electron chi connectivity index (χ3n) is 16.3. The van der Waals surface area contributed by atoms with Crippen LogP contribution in [0.1, 0.15) is 79.2 Å². The van der Waals surface area contributed by atoms with Gasteiger partial charge in [-0.15, -0.1) is 0 Å². The van der Waals surface area contributed by atoms with Crippen molar-refractivity contribution in [1.82, 2.24) is 5.32 Å². The molecule has 2 saturated carbocycles. The molecule has 1 spiro atoms. The van der Waals surface area contributed by atoms with E-state index < -0.39 is 80.1 Å². The van der Waals surface area contributed by atoms with Crippen LogP contribution in [0.3, 0.4) is 0 Å². The number of nitrogens with one attached hydrogen (secondary N) is 1. The molecule has 9 N–H and O–H groups in total. The first-order valence-corrected chi connectivity index (χ1v) is 20.3. The van der Waals surface area contributed by atoms with Crippen molar-refractivity contribution in [3.63, 3.8) is 0 Å². The SMILES string of the molecule is CNCCC(=C[C@@H](O)[C@@H]1[C@@H](N=C(N)N)C=C[C@]2(C[C@]3(O)C=C[C@@]4(O)C5=C(C(=O)C[C@@]2(C)[C@]53C)[C@@]2(C)CCC(=O)C(C)(C)[C@@H]2[C@@H]4C=Cc2ccccc2)[C@H]1C)C(=O)O. The van der Waals surface area contributed by atoms with E-state index in [0.717, 1.165) is 5.56 Å². The zero-order chi connectivity index (χ0) is 41.7. The second-order valence-electron chi connectivity index (χ2n) is 19.1. The number of guanidine groups is 1. The van der Waals surface area contributed by atoms with Crippen LogP contribution < -0.4 is 16.8 Å². The van der Waals surface area contributed by atoms with Gasteiger partial charge in [-0.1, -0.05) is 102 Å². The summed E-state index contributed by atoms with van der Waals surface area (Å²) in [5, 5.41) is 52.0. The third kappa shape index (κ3) is 5.44. The molecule has 0 unspecified atom stereocenters. The minimum atomic E-state index is -1.74. The second-order valence-corrected chi connectivity index (χ2v) is 19.1. The van der Waals surface area contributed by atoms with Crippen LogP contribution in [0.4, 0.5) is 0 Å². The van der Waals surface area contributed by atoms with Crippen LogP contribution >= 0.6 is 0 Å². The molecule has 0 radical (unpaired) electrons. The first-order valence-electron chi connectivity index (χ1n) is 20.3. The van der Waals surface area contributed by atoms with Crippen LogP contribution in [0.25, 0.3) is 6.08 Å². The molecule has 12 atom stereocenters. The lowest BCUT2D eigenvalue weighted by Gasteiger charge is -2.68. The molecule has 0 saturated heterocycles. The normalized spacial score (nSPS) is 42.3. The molecule has 6 aliphatic carbocycles. The van der Waals surface area contributed by atoms with Crippen molar-refractivity contribution in [1.29, 1.82) is 0 Å². The number of Topliss-reactive ketones (excluding diaryl/α,β-unsaturated/α-hetero) is 2. The minimum Gasteiger partial charge on any atom is -0.478 e. The molecule has 6 aliphatic rings. The number of carbonyl (C=O) groups is 3. The number of aliphatic hydroxyl groups excluding tert-OH is 1. The predicted molar refractivity (Wildman–Crippen MR) is 219 cm³/mol. The molecule has 57 heavy (non-hydrogen) atoms. The molecule has 1 aromatic rings. The Hall–Kier alpha value is -4.16. The van der Waals surface area contributed by atoms with Crippen LogP contribution in [0, 0.1) is 50.7 Å². The van der Waals surface area contributed by atoms with Crippen LogP contribution in [0.15, 0.2) is 88.5 Å². The topological polar surface area (TPSA) is 209 Å². The van der Waals surface area contributed by atoms with E-state index in [1.165, 1.54) is 6.08 Å². The van der Waals surface area contributed by atoms with Crippen molar-refractivity contribution in [2.75, 3.05) is 13.6 Å². The molecule has 11 heteroatoms. The Kier molecular flexibility index (Phi) is 9.67. The number of carboxylic acids is 1. The number of aliphatic carboxylic acids is 1. The fourth-order valence-electron chi connectivity index (χ4n) is 13.4. The van der Waals surface area contributed by atoms with Gasteiger partial charge in [0.15, 0.2) is 11.7 Å². The predicted octanol–water partition coefficient (Wildman–Crippen LogP) is 4.49. The van der Waals surface area contributed by atoms with Gasteiger partial charge in [0, 0.05) is 57.5 Å². The summed E-state index contributed by atoms with van der Waals surface area (Å²) in [7, 11) is 1.72. The fourth-order valence-corrected chi connectivity index (χ4v) is 13.4. The van der Waals surface area contributed by atoms with E-state index in [4.69, 9.17) is 11.5 Å². The molecule has 0 aromatic heterocycles. The van der Waals surface area contributed by atoms with Gasteiger partial charge in [0.2, 0.25) is 0 Å². The molecule has 2 fully saturated rings. The zero-order valence-electron chi connectivity index (χ0n) is 34.3. The van der Waals surface area contributed by atoms with Crippen molar-refractivity contribution < 1.29 is 34.8 Å². The summed E-state index contributed by atoms with van der Waals surface area (Å²) in [5.41, 5.74) is 5.67. The molecule has 0 amide bonds. The number of fused-ring (bicyclic) bond motifs is 3. The summed E-state index contributed by atoms with van der Waals surface area (Å²) in [6, 6.07) is 9.06. The van der Waals surface area contributed by atoms with Gasteiger partial charge in [0.05, 0.1) is 17.7 Å². The van der Waals surface area contributed by atoms with Gasteiger partial charge < -0.3 is 37.2 Å². The number of allylic oxidation sites excluding steroid dienone is 2. The van der Waals surface area contributed by atoms with E-state index in [9.17, 15) is 30.0 Å². The highest BCUT2D eigenvalue weighted by Gasteiger charge is 2.82. The Labute approximate surface area is 335 Å². The van der Waals surface area contributed by atoms with E-state index >= 15 is 4.79 Å². The summed E-state index contributed by atoms with van der Waals surface area (Å²) in [6.45, 7) is 12.3. The van der Waals surface area contributed by atoms with E-state index in [2.05, 4.69) is 17.2 Å². The van der Waals surface area contributed by atoms with Crippen LogP contribution in [-0.2, 0) is 14.4 Å². The lowest BCUT2D eigenvalue weighted by molar-refractivity contribution is -0.164. The summed E-state index contributed by atoms with van der Waals surface area (Å²) in [4.78, 5) is 46.1. The van der Waals surface area contributed by atoms with Crippen molar-refractivity contribution in [2.45, 2.75) is 97.0 Å². The molecule has 0 aliphatic heterocycles. The number of hydrogen-bond acceptors (Lipinski definition) is 8. The third-order valence-corrected chi connectivity index (χ3v) is 16.3. The van der Waals surface area contributed by atoms with Gasteiger partial charge in [0.1, 0.15) is 11.4 Å². The summed E-state index contributed by atoms with van der Waals surface area (Å²) in [6.07, 6.45) is 12.4. The lowest BCUT2D eigenvalue weighted by Crippen LogP contribution is -2.70. The number of aliphatic imine (C=N–C) groups is 1. The van der Waals surface area contributed by atoms with Crippen molar-refractivity contribution >= 4 is 29.6 Å². The number of carboxylic acid groups (broad SMARTS) is 1. The highest BCUT2D eigenvalue weighted by molar-refractivity contribution is 6.02. The van der Waals surface area contributed by atoms with Gasteiger partial charge in [-0.2, -0.15) is 0 Å². The number of rotatable bonds is 9. The van der Waals surface area contributed by atoms with Gasteiger partial charge in [-0.05, 0) is 73.4 Å². The number of hydrogen-bond donors (Lipinski definition) is 7. The summed E-state index contributed by atoms with van der Waals surface area (Å²) in [5.74, 6) is -3.70. The number of nitrogens with two attached hydrogens (primary N) is 2. The van der Waals surface area contributed by atoms with Crippen LogP contribution in [0.2, 0.25) is 0 Å². The first-order chi connectivity index (χ1) is 26.6. The van der Waals surface area contributed by atoms with Crippen molar-refractivity contribution in [2.24, 2.45) is 67.2 Å². The average molecular weight is 781 g/mol. The summed E-state index contributed by atoms with van der Waals surface area (Å²) >= 11 is 0. The van der Waals surface area contributed by atoms with Crippen molar-refractivity contribution in [3.8, 4) is 0 Å². The lowest BCUT2D eigenvalue weighted by atomic mass is 9.35. The monoisotopic (exact) mass is 780 g/mol. The van der Waals surface area contributed by atoms with Gasteiger partial charge in [-0.3, -0.25) is 9.59 Å². The molecular weight excluding hydrogens is 721 g/mol. The molecule has 1 aromatic carbocycles. The highest BCUT2D eigenvalue weighted by Crippen LogP contribution is 2.82. The molecular formula is C46H60N4O7. The quantitative estimate of drug-likeness (QED) is 0.0809. The zero-order valence-corrected chi connectivity index (χ0v) is 34.3. The summed E-state index contributed by atoms with van der Waals surface area (Å²) < 4.78 is 0. The average Bonchev–Trinajstić information content (AvgIpc) is 3.29. The molecule has 306 valence electrons. The number of aliphatic hydroxyl groups is 3. The van der Waals surface area contributed by atoms with Gasteiger partial charge in [-0.25, -0.2) is 9.79 Å². The smallest absolute Gasteiger partial charge is 0.331 e. The number of benzene rings is 1. The minimum absolute atomic E-state index is 0.0390. The fraction of sp³-hybridized carbons (Fsp3) is 0.565. The van der Waals surface area contributed by atoms with Gasteiger partial charge in [0.25, 0.3) is 0 Å². The maximum Gasteiger partial charge on any atom is 0.331 e. The maximum absolute atomic E-state index is 15.4. The van der Waals surface area contributed by atoms with E-state index in [-0.39, 0.29) is 42.4 Å². The first kappa shape index (κ1) is 41.0. The molecule has 7 rings (SSSR count). The Morgan fingerprint density at radius 3 is 2.37 bits per heavy atom. The Morgan fingerprint density at radius 2 is 1.74 bits per heavy atom. The Morgan fingerprint density at radius 1 is 1.05 bits per heavy atom. The molecule has 11 nitrogen and oxygen atoms in total. The van der Waals surface area contributed by atoms with Crippen LogP contribution in [0.5, 0.6) is 0 Å². The Bertz CT molecular complexity index is 2070. The molecule has 0 heterocycles. The van der Waals surface area contributed by atoms with E-state index in [1.807, 2.05) is 89.3 Å².